The van der Waals surface area contributed by atoms with Crippen LogP contribution in [0.4, 0.5) is 0 Å². The standard InChI is InChI=1S/C13H26N2O2/c1-10(16)11(7-5-6-8-14)15-12(17)9-13(2,3)4/h11H,5-9,14H2,1-4H3,(H,15,17)/t11-/m0/s1. The Morgan fingerprint density at radius 3 is 2.24 bits per heavy atom. The van der Waals surface area contributed by atoms with Crippen LogP contribution in [0.25, 0.3) is 0 Å². The first kappa shape index (κ1) is 16.1. The Kier molecular flexibility index (Phi) is 7.04. The van der Waals surface area contributed by atoms with E-state index in [1.807, 2.05) is 20.8 Å². The van der Waals surface area contributed by atoms with Crippen molar-refractivity contribution in [1.29, 1.82) is 0 Å². The predicted molar refractivity (Wildman–Crippen MR) is 69.6 cm³/mol. The summed E-state index contributed by atoms with van der Waals surface area (Å²) < 4.78 is 0. The monoisotopic (exact) mass is 242 g/mol. The molecule has 0 saturated carbocycles. The van der Waals surface area contributed by atoms with Gasteiger partial charge in [-0.25, -0.2) is 0 Å². The summed E-state index contributed by atoms with van der Waals surface area (Å²) in [5.74, 6) is -0.0327. The van der Waals surface area contributed by atoms with E-state index in [-0.39, 0.29) is 23.1 Å². The summed E-state index contributed by atoms with van der Waals surface area (Å²) in [6.45, 7) is 8.16. The zero-order valence-corrected chi connectivity index (χ0v) is 11.5. The van der Waals surface area contributed by atoms with Crippen LogP contribution in [0.5, 0.6) is 0 Å². The molecule has 3 N–H and O–H groups in total. The van der Waals surface area contributed by atoms with Gasteiger partial charge in [0.05, 0.1) is 6.04 Å². The first-order valence-corrected chi connectivity index (χ1v) is 6.26. The van der Waals surface area contributed by atoms with Crippen molar-refractivity contribution in [3.63, 3.8) is 0 Å². The molecule has 0 bridgehead atoms. The molecule has 1 amide bonds. The molecule has 0 aromatic heterocycles. The van der Waals surface area contributed by atoms with E-state index in [4.69, 9.17) is 5.73 Å². The van der Waals surface area contributed by atoms with Gasteiger partial charge in [-0.15, -0.1) is 0 Å². The van der Waals surface area contributed by atoms with E-state index in [9.17, 15) is 9.59 Å². The van der Waals surface area contributed by atoms with Gasteiger partial charge in [0.15, 0.2) is 5.78 Å². The van der Waals surface area contributed by atoms with Crippen LogP contribution in [0.1, 0.15) is 53.4 Å². The largest absolute Gasteiger partial charge is 0.346 e. The summed E-state index contributed by atoms with van der Waals surface area (Å²) in [5, 5.41) is 2.80. The highest BCUT2D eigenvalue weighted by Gasteiger charge is 2.20. The minimum atomic E-state index is -0.351. The van der Waals surface area contributed by atoms with Gasteiger partial charge in [-0.2, -0.15) is 0 Å². The molecule has 1 atom stereocenters. The van der Waals surface area contributed by atoms with E-state index in [0.29, 0.717) is 19.4 Å². The Labute approximate surface area is 104 Å². The van der Waals surface area contributed by atoms with Gasteiger partial charge in [0.1, 0.15) is 0 Å². The van der Waals surface area contributed by atoms with Gasteiger partial charge < -0.3 is 11.1 Å². The van der Waals surface area contributed by atoms with Crippen molar-refractivity contribution in [1.82, 2.24) is 5.32 Å². The lowest BCUT2D eigenvalue weighted by molar-refractivity contribution is -0.128. The maximum absolute atomic E-state index is 11.7. The molecule has 0 aliphatic heterocycles. The third-order valence-corrected chi connectivity index (χ3v) is 2.46. The van der Waals surface area contributed by atoms with Crippen LogP contribution in [-0.2, 0) is 9.59 Å². The summed E-state index contributed by atoms with van der Waals surface area (Å²) in [7, 11) is 0. The van der Waals surface area contributed by atoms with Crippen molar-refractivity contribution in [3.05, 3.63) is 0 Å². The number of amides is 1. The van der Waals surface area contributed by atoms with Crippen LogP contribution < -0.4 is 11.1 Å². The fourth-order valence-electron chi connectivity index (χ4n) is 1.60. The number of hydrogen-bond donors (Lipinski definition) is 2. The minimum absolute atomic E-state index is 0.0179. The van der Waals surface area contributed by atoms with E-state index in [1.54, 1.807) is 0 Å². The molecule has 0 aliphatic rings. The lowest BCUT2D eigenvalue weighted by Crippen LogP contribution is -2.41. The average Bonchev–Trinajstić information content (AvgIpc) is 2.13. The first-order valence-electron chi connectivity index (χ1n) is 6.26. The number of nitrogens with one attached hydrogen (secondary N) is 1. The zero-order chi connectivity index (χ0) is 13.5. The highest BCUT2D eigenvalue weighted by Crippen LogP contribution is 2.18. The topological polar surface area (TPSA) is 72.2 Å². The molecule has 0 saturated heterocycles. The normalized spacial score (nSPS) is 13.2. The molecule has 17 heavy (non-hydrogen) atoms. The lowest BCUT2D eigenvalue weighted by Gasteiger charge is -2.21. The molecule has 0 aliphatic carbocycles. The van der Waals surface area contributed by atoms with Gasteiger partial charge >= 0.3 is 0 Å². The van der Waals surface area contributed by atoms with Gasteiger partial charge in [0, 0.05) is 6.42 Å². The molecular weight excluding hydrogens is 216 g/mol. The smallest absolute Gasteiger partial charge is 0.221 e. The Bertz CT molecular complexity index is 257. The van der Waals surface area contributed by atoms with E-state index in [0.717, 1.165) is 12.8 Å². The lowest BCUT2D eigenvalue weighted by atomic mass is 9.91. The second-order valence-electron chi connectivity index (χ2n) is 5.75. The zero-order valence-electron chi connectivity index (χ0n) is 11.5. The highest BCUT2D eigenvalue weighted by atomic mass is 16.2. The second-order valence-corrected chi connectivity index (χ2v) is 5.75. The van der Waals surface area contributed by atoms with Crippen LogP contribution >= 0.6 is 0 Å². The van der Waals surface area contributed by atoms with Crippen LogP contribution in [0, 0.1) is 5.41 Å². The third kappa shape index (κ3) is 8.86. The number of nitrogens with two attached hydrogens (primary N) is 1. The van der Waals surface area contributed by atoms with Crippen LogP contribution in [-0.4, -0.2) is 24.3 Å². The quantitative estimate of drug-likeness (QED) is 0.666. The van der Waals surface area contributed by atoms with Crippen LogP contribution in [0.3, 0.4) is 0 Å². The number of carbonyl (C=O) groups excluding carboxylic acids is 2. The number of ketones is 1. The minimum Gasteiger partial charge on any atom is -0.346 e. The molecule has 0 aromatic carbocycles. The highest BCUT2D eigenvalue weighted by molar-refractivity contribution is 5.87. The second kappa shape index (κ2) is 7.43. The third-order valence-electron chi connectivity index (χ3n) is 2.46. The van der Waals surface area contributed by atoms with Gasteiger partial charge in [0.2, 0.25) is 5.91 Å². The number of hydrogen-bond acceptors (Lipinski definition) is 3. The SMILES string of the molecule is CC(=O)[C@H](CCCCN)NC(=O)CC(C)(C)C. The van der Waals surface area contributed by atoms with Crippen LogP contribution in [0.2, 0.25) is 0 Å². The number of carbonyl (C=O) groups is 2. The number of Topliss-reactive ketones (excluding diaryl/α,β-unsaturated/α-hetero) is 1. The maximum Gasteiger partial charge on any atom is 0.221 e. The fraction of sp³-hybridized carbons (Fsp3) is 0.846. The molecule has 0 radical (unpaired) electrons. The van der Waals surface area contributed by atoms with Gasteiger partial charge in [-0.05, 0) is 38.1 Å². The molecule has 0 aromatic rings. The van der Waals surface area contributed by atoms with Gasteiger partial charge in [0.25, 0.3) is 0 Å². The summed E-state index contributed by atoms with van der Waals surface area (Å²) in [4.78, 5) is 23.1. The average molecular weight is 242 g/mol. The molecule has 0 heterocycles. The fourth-order valence-corrected chi connectivity index (χ4v) is 1.60. The Morgan fingerprint density at radius 1 is 1.24 bits per heavy atom. The number of unbranched alkanes of at least 4 members (excludes halogenated alkanes) is 1. The van der Waals surface area contributed by atoms with Crippen molar-refractivity contribution >= 4 is 11.7 Å². The number of rotatable bonds is 7. The van der Waals surface area contributed by atoms with E-state index in [1.165, 1.54) is 6.92 Å². The summed E-state index contributed by atoms with van der Waals surface area (Å²) >= 11 is 0. The predicted octanol–water partition coefficient (Wildman–Crippen LogP) is 1.63. The molecule has 0 spiro atoms. The van der Waals surface area contributed by atoms with E-state index < -0.39 is 0 Å². The molecule has 4 nitrogen and oxygen atoms in total. The molecular formula is C13H26N2O2. The summed E-state index contributed by atoms with van der Waals surface area (Å²) in [5.41, 5.74) is 5.35. The van der Waals surface area contributed by atoms with Crippen molar-refractivity contribution in [3.8, 4) is 0 Å². The van der Waals surface area contributed by atoms with Gasteiger partial charge in [-0.1, -0.05) is 20.8 Å². The Morgan fingerprint density at radius 2 is 1.82 bits per heavy atom. The van der Waals surface area contributed by atoms with Crippen LogP contribution in [0.15, 0.2) is 0 Å². The van der Waals surface area contributed by atoms with E-state index >= 15 is 0 Å². The molecule has 4 heteroatoms. The molecule has 100 valence electrons. The van der Waals surface area contributed by atoms with Crippen molar-refractivity contribution < 1.29 is 9.59 Å². The summed E-state index contributed by atoms with van der Waals surface area (Å²) in [6.07, 6.45) is 2.88. The maximum atomic E-state index is 11.7. The van der Waals surface area contributed by atoms with E-state index in [2.05, 4.69) is 5.32 Å². The van der Waals surface area contributed by atoms with Gasteiger partial charge in [-0.3, -0.25) is 9.59 Å². The molecule has 0 fully saturated rings. The van der Waals surface area contributed by atoms with Crippen molar-refractivity contribution in [2.24, 2.45) is 11.1 Å². The summed E-state index contributed by atoms with van der Waals surface area (Å²) in [6, 6.07) is -0.351. The molecule has 0 unspecified atom stereocenters. The van der Waals surface area contributed by atoms with Crippen molar-refractivity contribution in [2.45, 2.75) is 59.4 Å². The van der Waals surface area contributed by atoms with Crippen molar-refractivity contribution in [2.75, 3.05) is 6.54 Å². The Hall–Kier alpha value is -0.900. The molecule has 0 rings (SSSR count). The Balaban J connectivity index is 4.16. The first-order chi connectivity index (χ1) is 7.76.